The highest BCUT2D eigenvalue weighted by Gasteiger charge is 2.27. The molecule has 0 aliphatic carbocycles. The van der Waals surface area contributed by atoms with Crippen LogP contribution in [-0.4, -0.2) is 94.7 Å². The molecule has 276 valence electrons. The molecule has 13 nitrogen and oxygen atoms in total. The highest BCUT2D eigenvalue weighted by atomic mass is 32.2. The van der Waals surface area contributed by atoms with Crippen molar-refractivity contribution in [2.24, 2.45) is 10.9 Å². The lowest BCUT2D eigenvalue weighted by molar-refractivity contribution is -0.123. The fraction of sp³-hybridized carbons (Fsp3) is 0.600. The third-order valence-corrected chi connectivity index (χ3v) is 9.76. The van der Waals surface area contributed by atoms with Crippen molar-refractivity contribution < 1.29 is 28.7 Å². The lowest BCUT2D eigenvalue weighted by Gasteiger charge is -2.26. The second-order valence-corrected chi connectivity index (χ2v) is 15.8. The number of thioether (sulfide) groups is 1. The van der Waals surface area contributed by atoms with Crippen molar-refractivity contribution in [2.75, 3.05) is 25.9 Å². The molecule has 0 saturated heterocycles. The minimum atomic E-state index is -0.921. The number of hydrogen-bond acceptors (Lipinski definition) is 10. The first kappa shape index (κ1) is 40.6. The van der Waals surface area contributed by atoms with Crippen LogP contribution in [0.1, 0.15) is 71.2 Å². The zero-order chi connectivity index (χ0) is 36.7. The molecule has 2 heterocycles. The number of carbonyl (C=O) groups is 4. The number of likely N-dealkylation sites (N-methyl/N-ethyl adjacent to an activating group) is 1. The number of urea groups is 1. The van der Waals surface area contributed by atoms with E-state index in [0.29, 0.717) is 31.7 Å². The number of alkyl carbamates (subject to hydrolysis) is 2. The summed E-state index contributed by atoms with van der Waals surface area (Å²) >= 11 is 3.12. The van der Waals surface area contributed by atoms with Crippen LogP contribution in [0.25, 0.3) is 0 Å². The number of hydrogen-bond donors (Lipinski definition) is 4. The Kier molecular flexibility index (Phi) is 16.3. The standard InChI is InChI=1S/C35H53N7O6S2/c1-23(2)31-39-27(21-49-31)19-42(7)32(44)41-29(15-16-37-33(45)48-35(4,5)6)30(43)38-24(3)13-14-26(17-25-11-9-8-10-12-25)40-34(46)47-20-28-18-36-22-50-28/h8-12,18,22-24,26-27,29H,13-17,19-21H2,1-7H3,(H,37,45)(H,38,43)(H,40,46)(H,41,44)/t24-,26+,27?,29+/m1/s1. The topological polar surface area (TPSA) is 163 Å². The van der Waals surface area contributed by atoms with E-state index >= 15 is 0 Å². The molecule has 0 bridgehead atoms. The van der Waals surface area contributed by atoms with Crippen LogP contribution in [0.2, 0.25) is 0 Å². The largest absolute Gasteiger partial charge is 0.444 e. The minimum Gasteiger partial charge on any atom is -0.444 e. The predicted octanol–water partition coefficient (Wildman–Crippen LogP) is 5.36. The molecule has 2 aromatic rings. The first-order valence-electron chi connectivity index (χ1n) is 17.0. The van der Waals surface area contributed by atoms with Gasteiger partial charge in [0.15, 0.2) is 0 Å². The highest BCUT2D eigenvalue weighted by molar-refractivity contribution is 8.14. The van der Waals surface area contributed by atoms with Gasteiger partial charge in [-0.2, -0.15) is 0 Å². The number of thiazole rings is 1. The van der Waals surface area contributed by atoms with Crippen LogP contribution in [0.3, 0.4) is 0 Å². The first-order valence-corrected chi connectivity index (χ1v) is 18.9. The second-order valence-electron chi connectivity index (χ2n) is 13.7. The van der Waals surface area contributed by atoms with Gasteiger partial charge in [-0.3, -0.25) is 14.8 Å². The zero-order valence-corrected chi connectivity index (χ0v) is 31.8. The normalized spacial score (nSPS) is 16.1. The molecule has 0 fully saturated rings. The number of benzene rings is 1. The van der Waals surface area contributed by atoms with Gasteiger partial charge in [-0.15, -0.1) is 23.1 Å². The molecule has 0 spiro atoms. The summed E-state index contributed by atoms with van der Waals surface area (Å²) in [6, 6.07) is 7.95. The Morgan fingerprint density at radius 3 is 2.38 bits per heavy atom. The van der Waals surface area contributed by atoms with Gasteiger partial charge in [0.05, 0.1) is 21.5 Å². The molecule has 1 aromatic heterocycles. The molecule has 0 saturated carbocycles. The van der Waals surface area contributed by atoms with Crippen LogP contribution < -0.4 is 21.3 Å². The number of nitrogens with zero attached hydrogens (tertiary/aromatic N) is 3. The van der Waals surface area contributed by atoms with E-state index in [2.05, 4.69) is 40.1 Å². The van der Waals surface area contributed by atoms with Crippen molar-refractivity contribution >= 4 is 52.3 Å². The van der Waals surface area contributed by atoms with E-state index in [1.807, 2.05) is 37.3 Å². The molecule has 4 N–H and O–H groups in total. The summed E-state index contributed by atoms with van der Waals surface area (Å²) in [5.74, 6) is 0.762. The van der Waals surface area contributed by atoms with Crippen molar-refractivity contribution in [3.8, 4) is 0 Å². The molecule has 0 radical (unpaired) electrons. The number of aliphatic imine (C=N–C) groups is 1. The Balaban J connectivity index is 1.60. The molecule has 1 aliphatic rings. The molecule has 4 atom stereocenters. The van der Waals surface area contributed by atoms with Crippen LogP contribution in [0.15, 0.2) is 47.0 Å². The van der Waals surface area contributed by atoms with Gasteiger partial charge in [-0.05, 0) is 58.9 Å². The number of nitrogens with one attached hydrogen (secondary N) is 4. The summed E-state index contributed by atoms with van der Waals surface area (Å²) < 4.78 is 10.7. The Morgan fingerprint density at radius 2 is 1.74 bits per heavy atom. The second kappa shape index (κ2) is 20.1. The van der Waals surface area contributed by atoms with Crippen molar-refractivity contribution in [1.82, 2.24) is 31.2 Å². The average molecular weight is 732 g/mol. The van der Waals surface area contributed by atoms with Crippen LogP contribution >= 0.6 is 23.1 Å². The Bertz CT molecular complexity index is 1400. The van der Waals surface area contributed by atoms with Crippen molar-refractivity contribution in [3.05, 3.63) is 52.5 Å². The Labute approximate surface area is 304 Å². The highest BCUT2D eigenvalue weighted by Crippen LogP contribution is 2.23. The van der Waals surface area contributed by atoms with Crippen LogP contribution in [-0.2, 0) is 27.3 Å². The summed E-state index contributed by atoms with van der Waals surface area (Å²) in [5, 5.41) is 12.6. The molecule has 1 unspecified atom stereocenters. The van der Waals surface area contributed by atoms with Gasteiger partial charge in [0.1, 0.15) is 18.2 Å². The predicted molar refractivity (Wildman–Crippen MR) is 199 cm³/mol. The maximum Gasteiger partial charge on any atom is 0.407 e. The summed E-state index contributed by atoms with van der Waals surface area (Å²) in [7, 11) is 1.68. The van der Waals surface area contributed by atoms with E-state index < -0.39 is 29.9 Å². The van der Waals surface area contributed by atoms with Gasteiger partial charge in [0, 0.05) is 50.1 Å². The van der Waals surface area contributed by atoms with Gasteiger partial charge in [0.25, 0.3) is 0 Å². The van der Waals surface area contributed by atoms with Gasteiger partial charge >= 0.3 is 18.2 Å². The summed E-state index contributed by atoms with van der Waals surface area (Å²) in [4.78, 5) is 62.9. The quantitative estimate of drug-likeness (QED) is 0.169. The van der Waals surface area contributed by atoms with E-state index in [0.717, 1.165) is 21.2 Å². The molecule has 15 heteroatoms. The van der Waals surface area contributed by atoms with Crippen molar-refractivity contribution in [1.29, 1.82) is 0 Å². The maximum atomic E-state index is 13.6. The maximum absolute atomic E-state index is 13.6. The van der Waals surface area contributed by atoms with E-state index in [-0.39, 0.29) is 43.6 Å². The smallest absolute Gasteiger partial charge is 0.407 e. The third kappa shape index (κ3) is 15.4. The number of rotatable bonds is 17. The van der Waals surface area contributed by atoms with Gasteiger partial charge < -0.3 is 35.6 Å². The average Bonchev–Trinajstić information content (AvgIpc) is 3.74. The van der Waals surface area contributed by atoms with Crippen LogP contribution in [0.5, 0.6) is 0 Å². The van der Waals surface area contributed by atoms with Crippen LogP contribution in [0, 0.1) is 5.92 Å². The SMILES string of the molecule is CC(C)C1=NC(CN(C)C(=O)N[C@@H](CCNC(=O)OC(C)(C)C)C(=O)N[C@H](C)CC[C@@H](Cc2ccccc2)NC(=O)OCc2cncs2)CS1. The van der Waals surface area contributed by atoms with E-state index in [1.165, 1.54) is 16.2 Å². The minimum absolute atomic E-state index is 0.0169. The number of ether oxygens (including phenoxy) is 2. The monoisotopic (exact) mass is 731 g/mol. The summed E-state index contributed by atoms with van der Waals surface area (Å²) in [5.41, 5.74) is 2.07. The lowest BCUT2D eigenvalue weighted by atomic mass is 9.99. The molecule has 1 aromatic carbocycles. The summed E-state index contributed by atoms with van der Waals surface area (Å²) in [6.45, 7) is 12.0. The number of carbonyl (C=O) groups excluding carboxylic acids is 4. The third-order valence-electron chi connectivity index (χ3n) is 7.59. The zero-order valence-electron chi connectivity index (χ0n) is 30.2. The van der Waals surface area contributed by atoms with Crippen LogP contribution in [0.4, 0.5) is 14.4 Å². The molecule has 1 aliphatic heterocycles. The van der Waals surface area contributed by atoms with Gasteiger partial charge in [-0.1, -0.05) is 44.2 Å². The Hall–Kier alpha value is -3.85. The molecule has 5 amide bonds. The van der Waals surface area contributed by atoms with Gasteiger partial charge in [-0.25, -0.2) is 14.4 Å². The molecular weight excluding hydrogens is 679 g/mol. The number of aromatic nitrogens is 1. The van der Waals surface area contributed by atoms with E-state index in [4.69, 9.17) is 14.5 Å². The van der Waals surface area contributed by atoms with Crippen molar-refractivity contribution in [3.63, 3.8) is 0 Å². The fourth-order valence-corrected chi connectivity index (χ4v) is 6.66. The lowest BCUT2D eigenvalue weighted by Crippen LogP contribution is -2.53. The summed E-state index contributed by atoms with van der Waals surface area (Å²) in [6.07, 6.45) is 2.37. The first-order chi connectivity index (χ1) is 23.7. The molecular formula is C35H53N7O6S2. The Morgan fingerprint density at radius 1 is 1.00 bits per heavy atom. The molecule has 50 heavy (non-hydrogen) atoms. The fourth-order valence-electron chi connectivity index (χ4n) is 5.05. The van der Waals surface area contributed by atoms with Gasteiger partial charge in [0.2, 0.25) is 5.91 Å². The molecule has 3 rings (SSSR count). The number of amides is 5. The van der Waals surface area contributed by atoms with E-state index in [9.17, 15) is 19.2 Å². The van der Waals surface area contributed by atoms with Crippen molar-refractivity contribution in [2.45, 2.75) is 104 Å². The van der Waals surface area contributed by atoms with E-state index in [1.54, 1.807) is 51.3 Å².